The van der Waals surface area contributed by atoms with Gasteiger partial charge in [0.15, 0.2) is 0 Å². The normalized spacial score (nSPS) is 10.0. The van der Waals surface area contributed by atoms with E-state index in [1.807, 2.05) is 30.3 Å². The number of hydrogen-bond donors (Lipinski definition) is 1. The molecule has 5 heteroatoms. The molecular weight excluding hydrogens is 262 g/mol. The lowest BCUT2D eigenvalue weighted by Crippen LogP contribution is -2.07. The largest absolute Gasteiger partial charge is 0.465 e. The number of carbonyl (C=O) groups excluding carboxylic acids is 2. The van der Waals surface area contributed by atoms with Crippen molar-refractivity contribution >= 4 is 28.9 Å². The molecule has 4 nitrogen and oxygen atoms in total. The second kappa shape index (κ2) is 5.67. The number of anilines is 1. The Morgan fingerprint density at radius 3 is 2.47 bits per heavy atom. The maximum atomic E-state index is 11.8. The lowest BCUT2D eigenvalue weighted by Gasteiger charge is -2.07. The molecule has 0 bridgehead atoms. The number of rotatable bonds is 3. The molecule has 0 spiro atoms. The van der Waals surface area contributed by atoms with Gasteiger partial charge in [-0.05, 0) is 5.56 Å². The molecule has 1 N–H and O–H groups in total. The van der Waals surface area contributed by atoms with Gasteiger partial charge in [-0.3, -0.25) is 4.79 Å². The van der Waals surface area contributed by atoms with Gasteiger partial charge in [0.1, 0.15) is 4.88 Å². The smallest absolute Gasteiger partial charge is 0.348 e. The third kappa shape index (κ3) is 2.82. The van der Waals surface area contributed by atoms with Crippen LogP contribution in [0.3, 0.4) is 0 Å². The van der Waals surface area contributed by atoms with E-state index in [0.717, 1.165) is 5.56 Å². The lowest BCUT2D eigenvalue weighted by atomic mass is 10.1. The van der Waals surface area contributed by atoms with Crippen LogP contribution in [-0.2, 0) is 9.53 Å². The minimum Gasteiger partial charge on any atom is -0.465 e. The first-order valence-corrected chi connectivity index (χ1v) is 6.54. The van der Waals surface area contributed by atoms with E-state index >= 15 is 0 Å². The molecule has 0 saturated carbocycles. The van der Waals surface area contributed by atoms with E-state index < -0.39 is 5.97 Å². The van der Waals surface area contributed by atoms with Crippen LogP contribution in [0.4, 0.5) is 5.69 Å². The first-order valence-electron chi connectivity index (χ1n) is 5.66. The Kier molecular flexibility index (Phi) is 3.97. The quantitative estimate of drug-likeness (QED) is 0.875. The van der Waals surface area contributed by atoms with Crippen molar-refractivity contribution in [2.24, 2.45) is 0 Å². The summed E-state index contributed by atoms with van der Waals surface area (Å²) in [5, 5.41) is 4.48. The number of thiophene rings is 1. The molecule has 2 rings (SSSR count). The standard InChI is InChI=1S/C14H13NO3S/c1-9(16)15-11-8-19-13(14(17)18-2)12(11)10-6-4-3-5-7-10/h3-8H,1-2H3,(H,15,16). The molecule has 1 heterocycles. The van der Waals surface area contributed by atoms with Crippen LogP contribution in [0.15, 0.2) is 35.7 Å². The molecule has 0 aliphatic rings. The monoisotopic (exact) mass is 275 g/mol. The molecule has 2 aromatic rings. The topological polar surface area (TPSA) is 55.4 Å². The molecule has 98 valence electrons. The Labute approximate surface area is 115 Å². The molecule has 19 heavy (non-hydrogen) atoms. The molecule has 0 saturated heterocycles. The van der Waals surface area contributed by atoms with E-state index in [0.29, 0.717) is 16.1 Å². The fourth-order valence-electron chi connectivity index (χ4n) is 1.77. The Bertz CT molecular complexity index is 604. The number of benzene rings is 1. The van der Waals surface area contributed by atoms with Gasteiger partial charge in [0.2, 0.25) is 5.91 Å². The van der Waals surface area contributed by atoms with Gasteiger partial charge >= 0.3 is 5.97 Å². The molecule has 1 amide bonds. The van der Waals surface area contributed by atoms with E-state index in [1.54, 1.807) is 5.38 Å². The van der Waals surface area contributed by atoms with Gasteiger partial charge in [0, 0.05) is 17.9 Å². The Hall–Kier alpha value is -2.14. The van der Waals surface area contributed by atoms with Crippen LogP contribution in [0.1, 0.15) is 16.6 Å². The highest BCUT2D eigenvalue weighted by Gasteiger charge is 2.20. The van der Waals surface area contributed by atoms with Crippen LogP contribution in [0.2, 0.25) is 0 Å². The summed E-state index contributed by atoms with van der Waals surface area (Å²) in [5.41, 5.74) is 2.20. The van der Waals surface area contributed by atoms with Gasteiger partial charge in [-0.2, -0.15) is 0 Å². The van der Waals surface area contributed by atoms with E-state index in [-0.39, 0.29) is 5.91 Å². The second-order valence-electron chi connectivity index (χ2n) is 3.89. The summed E-state index contributed by atoms with van der Waals surface area (Å²) in [4.78, 5) is 23.5. The summed E-state index contributed by atoms with van der Waals surface area (Å²) in [6.07, 6.45) is 0. The van der Waals surface area contributed by atoms with Crippen molar-refractivity contribution in [3.05, 3.63) is 40.6 Å². The minimum absolute atomic E-state index is 0.175. The molecule has 0 radical (unpaired) electrons. The number of methoxy groups -OCH3 is 1. The fraction of sp³-hybridized carbons (Fsp3) is 0.143. The number of esters is 1. The highest BCUT2D eigenvalue weighted by Crippen LogP contribution is 2.37. The van der Waals surface area contributed by atoms with Crippen molar-refractivity contribution in [1.82, 2.24) is 0 Å². The van der Waals surface area contributed by atoms with Crippen molar-refractivity contribution in [1.29, 1.82) is 0 Å². The number of nitrogens with one attached hydrogen (secondary N) is 1. The highest BCUT2D eigenvalue weighted by atomic mass is 32.1. The molecule has 1 aromatic heterocycles. The predicted molar refractivity (Wildman–Crippen MR) is 75.4 cm³/mol. The summed E-state index contributed by atoms with van der Waals surface area (Å²) < 4.78 is 4.78. The lowest BCUT2D eigenvalue weighted by molar-refractivity contribution is -0.114. The van der Waals surface area contributed by atoms with Crippen molar-refractivity contribution in [2.45, 2.75) is 6.92 Å². The molecule has 0 fully saturated rings. The molecule has 0 aliphatic heterocycles. The third-order valence-electron chi connectivity index (χ3n) is 2.53. The summed E-state index contributed by atoms with van der Waals surface area (Å²) in [6, 6.07) is 9.43. The van der Waals surface area contributed by atoms with Crippen LogP contribution >= 0.6 is 11.3 Å². The van der Waals surface area contributed by atoms with Gasteiger partial charge in [0.25, 0.3) is 0 Å². The van der Waals surface area contributed by atoms with Crippen molar-refractivity contribution in [3.8, 4) is 11.1 Å². The van der Waals surface area contributed by atoms with Crippen molar-refractivity contribution < 1.29 is 14.3 Å². The predicted octanol–water partition coefficient (Wildman–Crippen LogP) is 3.16. The van der Waals surface area contributed by atoms with Crippen LogP contribution in [0.25, 0.3) is 11.1 Å². The molecule has 0 aliphatic carbocycles. The molecular formula is C14H13NO3S. The fourth-order valence-corrected chi connectivity index (χ4v) is 2.71. The summed E-state index contributed by atoms with van der Waals surface area (Å²) in [7, 11) is 1.34. The molecule has 1 aromatic carbocycles. The zero-order chi connectivity index (χ0) is 13.8. The number of amides is 1. The van der Waals surface area contributed by atoms with Gasteiger partial charge in [0.05, 0.1) is 12.8 Å². The van der Waals surface area contributed by atoms with Crippen LogP contribution in [-0.4, -0.2) is 19.0 Å². The minimum atomic E-state index is -0.402. The van der Waals surface area contributed by atoms with E-state index in [2.05, 4.69) is 5.32 Å². The van der Waals surface area contributed by atoms with Crippen molar-refractivity contribution in [3.63, 3.8) is 0 Å². The summed E-state index contributed by atoms with van der Waals surface area (Å²) in [5.74, 6) is -0.577. The second-order valence-corrected chi connectivity index (χ2v) is 4.77. The highest BCUT2D eigenvalue weighted by molar-refractivity contribution is 7.13. The first-order chi connectivity index (χ1) is 9.13. The summed E-state index contributed by atoms with van der Waals surface area (Å²) >= 11 is 1.26. The van der Waals surface area contributed by atoms with E-state index in [9.17, 15) is 9.59 Å². The van der Waals surface area contributed by atoms with Crippen LogP contribution in [0.5, 0.6) is 0 Å². The zero-order valence-electron chi connectivity index (χ0n) is 10.6. The third-order valence-corrected chi connectivity index (χ3v) is 3.50. The maximum Gasteiger partial charge on any atom is 0.348 e. The first kappa shape index (κ1) is 13.3. The zero-order valence-corrected chi connectivity index (χ0v) is 11.4. The van der Waals surface area contributed by atoms with Gasteiger partial charge in [-0.25, -0.2) is 4.79 Å². The number of ether oxygens (including phenoxy) is 1. The van der Waals surface area contributed by atoms with Gasteiger partial charge < -0.3 is 10.1 Å². The van der Waals surface area contributed by atoms with Crippen LogP contribution in [0, 0.1) is 0 Å². The SMILES string of the molecule is COC(=O)c1scc(NC(C)=O)c1-c1ccccc1. The average molecular weight is 275 g/mol. The van der Waals surface area contributed by atoms with Gasteiger partial charge in [-0.1, -0.05) is 30.3 Å². The van der Waals surface area contributed by atoms with Crippen LogP contribution < -0.4 is 5.32 Å². The van der Waals surface area contributed by atoms with E-state index in [4.69, 9.17) is 4.74 Å². The average Bonchev–Trinajstić information content (AvgIpc) is 2.81. The summed E-state index contributed by atoms with van der Waals surface area (Å²) in [6.45, 7) is 1.43. The Morgan fingerprint density at radius 1 is 1.21 bits per heavy atom. The molecule has 0 atom stereocenters. The number of hydrogen-bond acceptors (Lipinski definition) is 4. The van der Waals surface area contributed by atoms with Gasteiger partial charge in [-0.15, -0.1) is 11.3 Å². The van der Waals surface area contributed by atoms with E-state index in [1.165, 1.54) is 25.4 Å². The maximum absolute atomic E-state index is 11.8. The number of carbonyl (C=O) groups is 2. The Balaban J connectivity index is 2.56. The molecule has 0 unspecified atom stereocenters. The van der Waals surface area contributed by atoms with Crippen molar-refractivity contribution in [2.75, 3.05) is 12.4 Å². The Morgan fingerprint density at radius 2 is 1.89 bits per heavy atom.